The molecule has 3 aliphatic rings. The molecule has 43 heavy (non-hydrogen) atoms. The minimum absolute atomic E-state index is 0.0283. The van der Waals surface area contributed by atoms with Crippen LogP contribution in [-0.4, -0.2) is 76.9 Å². The molecule has 0 unspecified atom stereocenters. The molecule has 2 N–H and O–H groups in total. The molecule has 1 aliphatic carbocycles. The molecule has 0 radical (unpaired) electrons. The summed E-state index contributed by atoms with van der Waals surface area (Å²) in [6, 6.07) is 7.74. The molecule has 2 aromatic heterocycles. The molecule has 2 atom stereocenters. The first-order valence-corrected chi connectivity index (χ1v) is 14.2. The molecule has 1 amide bonds. The number of hydrogen-bond donors (Lipinski definition) is 2. The summed E-state index contributed by atoms with van der Waals surface area (Å²) >= 11 is 6.50. The Bertz CT molecular complexity index is 1750. The molecule has 0 bridgehead atoms. The number of carbonyl (C=O) groups excluding carboxylic acids is 2. The minimum atomic E-state index is -2.66. The largest absolute Gasteiger partial charge is 0.497 e. The van der Waals surface area contributed by atoms with Crippen LogP contribution < -0.4 is 20.3 Å². The summed E-state index contributed by atoms with van der Waals surface area (Å²) in [6.45, 7) is -1.66. The molecule has 11 nitrogen and oxygen atoms in total. The number of nitrogens with one attached hydrogen (secondary N) is 2. The number of hydrogen-bond acceptors (Lipinski definition) is 9. The number of halogens is 2. The highest BCUT2D eigenvalue weighted by Gasteiger charge is 2.39. The van der Waals surface area contributed by atoms with Crippen molar-refractivity contribution < 1.29 is 27.6 Å². The third kappa shape index (κ3) is 6.08. The molecule has 1 saturated carbocycles. The van der Waals surface area contributed by atoms with Crippen LogP contribution in [0.3, 0.4) is 0 Å². The molecule has 1 aromatic carbocycles. The molecule has 6 rings (SSSR count). The first-order chi connectivity index (χ1) is 22.0. The Kier molecular flexibility index (Phi) is 7.07. The summed E-state index contributed by atoms with van der Waals surface area (Å²) in [6.07, 6.45) is 4.86. The fourth-order valence-electron chi connectivity index (χ4n) is 5.09. The monoisotopic (exact) mass is 610 g/mol. The predicted octanol–water partition coefficient (Wildman–Crippen LogP) is 3.80. The van der Waals surface area contributed by atoms with Crippen LogP contribution in [0.25, 0.3) is 5.65 Å². The molecule has 2 aliphatic heterocycles. The van der Waals surface area contributed by atoms with E-state index in [-0.39, 0.29) is 53.2 Å². The van der Waals surface area contributed by atoms with E-state index in [0.29, 0.717) is 42.4 Å². The molecular formula is C30H31ClFN7O4. The van der Waals surface area contributed by atoms with Crippen LogP contribution in [0.5, 0.6) is 5.75 Å². The van der Waals surface area contributed by atoms with Gasteiger partial charge in [-0.05, 0) is 36.6 Å². The van der Waals surface area contributed by atoms with Gasteiger partial charge in [-0.25, -0.2) is 18.7 Å². The fourth-order valence-corrected chi connectivity index (χ4v) is 5.31. The molecule has 3 aromatic rings. The van der Waals surface area contributed by atoms with E-state index in [2.05, 4.69) is 20.7 Å². The first-order valence-electron chi connectivity index (χ1n) is 15.3. The second-order valence-electron chi connectivity index (χ2n) is 10.5. The highest BCUT2D eigenvalue weighted by atomic mass is 35.5. The van der Waals surface area contributed by atoms with Crippen molar-refractivity contribution in [1.82, 2.24) is 24.8 Å². The maximum atomic E-state index is 13.6. The molecule has 2 fully saturated rings. The standard InChI is InChI=1S/C30H31ClFN7O4/c1-37(15-18-3-5-21(42-2)6-4-18)25-13-28(36-39-26(14-33-29(25)39)30(41)35-23-12-22(23)32)34-24-11-19(31)16-38(27(24)17-40)20-7-9-43-10-8-20/h3-6,11,13-14,16,20,22-23H,7-10,12,15H2,1-2H3,(H,34,36)(H,35,41)/t22-,23+/m0/s1/i1D3. The highest BCUT2D eigenvalue weighted by molar-refractivity contribution is 6.31. The van der Waals surface area contributed by atoms with Crippen LogP contribution in [0.4, 0.5) is 15.9 Å². The lowest BCUT2D eigenvalue weighted by molar-refractivity contribution is 0.0580. The van der Waals surface area contributed by atoms with Gasteiger partial charge in [0.15, 0.2) is 28.8 Å². The third-order valence-electron chi connectivity index (χ3n) is 7.50. The maximum absolute atomic E-state index is 13.6. The first kappa shape index (κ1) is 25.1. The van der Waals surface area contributed by atoms with E-state index in [0.717, 1.165) is 4.90 Å². The second kappa shape index (κ2) is 12.1. The van der Waals surface area contributed by atoms with Crippen molar-refractivity contribution in [1.29, 1.82) is 0 Å². The van der Waals surface area contributed by atoms with E-state index in [1.54, 1.807) is 35.4 Å². The fraction of sp³-hybridized carbons (Fsp3) is 0.367. The van der Waals surface area contributed by atoms with Crippen LogP contribution in [0.2, 0.25) is 0 Å². The Labute approximate surface area is 256 Å². The van der Waals surface area contributed by atoms with Gasteiger partial charge in [-0.1, -0.05) is 23.7 Å². The highest BCUT2D eigenvalue weighted by Crippen LogP contribution is 2.32. The van der Waals surface area contributed by atoms with Crippen LogP contribution in [0.1, 0.15) is 39.4 Å². The lowest BCUT2D eigenvalue weighted by Crippen LogP contribution is -2.38. The molecule has 0 spiro atoms. The number of carbonyl (C=O) groups is 1. The number of ether oxygens (including phenoxy) is 2. The van der Waals surface area contributed by atoms with Crippen molar-refractivity contribution in [3.05, 3.63) is 76.5 Å². The normalized spacial score (nSPS) is 21.6. The van der Waals surface area contributed by atoms with Crippen molar-refractivity contribution >= 4 is 40.6 Å². The number of aromatic nitrogens is 3. The number of methoxy groups -OCH3 is 1. The van der Waals surface area contributed by atoms with Gasteiger partial charge in [0.1, 0.15) is 11.9 Å². The molecule has 4 heterocycles. The van der Waals surface area contributed by atoms with Gasteiger partial charge in [-0.3, -0.25) is 4.79 Å². The summed E-state index contributed by atoms with van der Waals surface area (Å²) < 4.78 is 50.8. The number of alkyl halides is 1. The maximum Gasteiger partial charge on any atom is 0.271 e. The number of imidazole rings is 1. The van der Waals surface area contributed by atoms with E-state index >= 15 is 0 Å². The Morgan fingerprint density at radius 3 is 2.77 bits per heavy atom. The number of benzene rings is 1. The topological polar surface area (TPSA) is 113 Å². The molecule has 224 valence electrons. The van der Waals surface area contributed by atoms with Crippen LogP contribution >= 0.6 is 11.6 Å². The number of allylic oxidation sites excluding steroid dienone is 2. The zero-order valence-electron chi connectivity index (χ0n) is 26.2. The van der Waals surface area contributed by atoms with E-state index in [1.807, 2.05) is 5.94 Å². The zero-order valence-corrected chi connectivity index (χ0v) is 24.0. The Balaban J connectivity index is 1.42. The van der Waals surface area contributed by atoms with Crippen molar-refractivity contribution in [2.45, 2.75) is 44.1 Å². The lowest BCUT2D eigenvalue weighted by Gasteiger charge is -2.36. The minimum Gasteiger partial charge on any atom is -0.497 e. The number of anilines is 2. The summed E-state index contributed by atoms with van der Waals surface area (Å²) in [5.74, 6) is 2.08. The number of fused-ring (bicyclic) bond motifs is 1. The van der Waals surface area contributed by atoms with E-state index in [4.69, 9.17) is 25.2 Å². The number of amides is 1. The molecule has 1 saturated heterocycles. The number of nitrogens with zero attached hydrogens (tertiary/aromatic N) is 5. The van der Waals surface area contributed by atoms with Gasteiger partial charge in [-0.15, -0.1) is 5.10 Å². The SMILES string of the molecule is [2H]C([2H])([2H])N(Cc1ccc(OC)cc1)c1cc(NC2=CC(Cl)=CN(C3CCOCC3)C2=C=O)nn2c(C(=O)N[C@@H]3C[C@@H]3F)cnc12. The Morgan fingerprint density at radius 1 is 1.33 bits per heavy atom. The van der Waals surface area contributed by atoms with Gasteiger partial charge in [-0.2, -0.15) is 0 Å². The van der Waals surface area contributed by atoms with Crippen molar-refractivity contribution in [3.8, 4) is 5.75 Å². The molecule has 13 heteroatoms. The average Bonchev–Trinajstić information content (AvgIpc) is 3.55. The Morgan fingerprint density at radius 2 is 2.09 bits per heavy atom. The second-order valence-corrected chi connectivity index (χ2v) is 10.9. The van der Waals surface area contributed by atoms with Crippen molar-refractivity contribution in [2.75, 3.05) is 37.5 Å². The van der Waals surface area contributed by atoms with Gasteiger partial charge in [0, 0.05) is 55.6 Å². The smallest absolute Gasteiger partial charge is 0.271 e. The van der Waals surface area contributed by atoms with E-state index < -0.39 is 25.1 Å². The average molecular weight is 611 g/mol. The summed E-state index contributed by atoms with van der Waals surface area (Å²) in [4.78, 5) is 32.8. The third-order valence-corrected chi connectivity index (χ3v) is 7.71. The quantitative estimate of drug-likeness (QED) is 0.349. The van der Waals surface area contributed by atoms with E-state index in [9.17, 15) is 14.0 Å². The van der Waals surface area contributed by atoms with Crippen LogP contribution in [0, 0.1) is 0 Å². The summed E-state index contributed by atoms with van der Waals surface area (Å²) in [7, 11) is 1.54. The van der Waals surface area contributed by atoms with Gasteiger partial charge in [0.05, 0.1) is 35.8 Å². The van der Waals surface area contributed by atoms with Gasteiger partial charge in [0.25, 0.3) is 5.91 Å². The predicted molar refractivity (Wildman–Crippen MR) is 159 cm³/mol. The number of rotatable bonds is 9. The van der Waals surface area contributed by atoms with Crippen molar-refractivity contribution in [2.24, 2.45) is 0 Å². The zero-order chi connectivity index (χ0) is 32.6. The Hall–Kier alpha value is -4.38. The van der Waals surface area contributed by atoms with Crippen LogP contribution in [-0.2, 0) is 16.1 Å². The van der Waals surface area contributed by atoms with Crippen molar-refractivity contribution in [3.63, 3.8) is 0 Å². The van der Waals surface area contributed by atoms with Gasteiger partial charge >= 0.3 is 0 Å². The summed E-state index contributed by atoms with van der Waals surface area (Å²) in [5, 5.41) is 10.6. The van der Waals surface area contributed by atoms with Gasteiger partial charge in [0.2, 0.25) is 0 Å². The summed E-state index contributed by atoms with van der Waals surface area (Å²) in [5.41, 5.74) is 1.29. The lowest BCUT2D eigenvalue weighted by atomic mass is 10.0. The van der Waals surface area contributed by atoms with E-state index in [1.165, 1.54) is 30.0 Å². The van der Waals surface area contributed by atoms with Crippen LogP contribution in [0.15, 0.2) is 65.2 Å². The van der Waals surface area contributed by atoms with Gasteiger partial charge < -0.3 is 29.9 Å². The molecular weight excluding hydrogens is 577 g/mol.